The van der Waals surface area contributed by atoms with Crippen LogP contribution in [0.1, 0.15) is 18.1 Å². The fourth-order valence-corrected chi connectivity index (χ4v) is 3.27. The molecule has 1 unspecified atom stereocenters. The minimum absolute atomic E-state index is 0.184. The van der Waals surface area contributed by atoms with Crippen LogP contribution in [0.25, 0.3) is 0 Å². The summed E-state index contributed by atoms with van der Waals surface area (Å²) in [6.07, 6.45) is 3.32. The van der Waals surface area contributed by atoms with E-state index in [1.807, 2.05) is 0 Å². The van der Waals surface area contributed by atoms with Crippen LogP contribution in [0.5, 0.6) is 5.75 Å². The molecule has 0 saturated carbocycles. The lowest BCUT2D eigenvalue weighted by molar-refractivity contribution is 0.144. The van der Waals surface area contributed by atoms with Crippen molar-refractivity contribution in [2.75, 3.05) is 13.1 Å². The standard InChI is InChI=1S/C16H14Cl3FN2O/c17-12-4-14(19)15(5-13(12)18)23-16(9-1-2-21-6-9)10-3-11(20)8-22-7-10/h3-5,7-9,16,21H,1-2,6H2/t9?,16-/m0/s1. The molecule has 1 saturated heterocycles. The number of benzene rings is 1. The average molecular weight is 376 g/mol. The van der Waals surface area contributed by atoms with E-state index in [-0.39, 0.29) is 12.0 Å². The largest absolute Gasteiger partial charge is 0.484 e. The molecule has 7 heteroatoms. The second-order valence-electron chi connectivity index (χ2n) is 5.42. The first kappa shape index (κ1) is 16.8. The van der Waals surface area contributed by atoms with Crippen molar-refractivity contribution in [1.29, 1.82) is 0 Å². The third-order valence-electron chi connectivity index (χ3n) is 3.81. The van der Waals surface area contributed by atoms with Crippen LogP contribution in [0.15, 0.2) is 30.6 Å². The van der Waals surface area contributed by atoms with Crippen LogP contribution in [0.3, 0.4) is 0 Å². The summed E-state index contributed by atoms with van der Waals surface area (Å²) in [6, 6.07) is 4.55. The lowest BCUT2D eigenvalue weighted by Gasteiger charge is -2.25. The van der Waals surface area contributed by atoms with E-state index in [0.717, 1.165) is 19.5 Å². The number of halogens is 4. The lowest BCUT2D eigenvalue weighted by Crippen LogP contribution is -2.22. The van der Waals surface area contributed by atoms with E-state index in [1.54, 1.807) is 12.3 Å². The smallest absolute Gasteiger partial charge is 0.141 e. The molecule has 1 aromatic heterocycles. The van der Waals surface area contributed by atoms with Crippen molar-refractivity contribution in [1.82, 2.24) is 10.3 Å². The first-order chi connectivity index (χ1) is 11.0. The number of ether oxygens (including phenoxy) is 1. The number of nitrogens with zero attached hydrogens (tertiary/aromatic N) is 1. The third-order valence-corrected chi connectivity index (χ3v) is 4.83. The van der Waals surface area contributed by atoms with Crippen molar-refractivity contribution >= 4 is 34.8 Å². The number of pyridine rings is 1. The van der Waals surface area contributed by atoms with E-state index in [1.165, 1.54) is 18.3 Å². The number of rotatable bonds is 4. The maximum atomic E-state index is 13.6. The van der Waals surface area contributed by atoms with Gasteiger partial charge in [-0.1, -0.05) is 34.8 Å². The van der Waals surface area contributed by atoms with Crippen LogP contribution in [-0.4, -0.2) is 18.1 Å². The highest BCUT2D eigenvalue weighted by molar-refractivity contribution is 6.43. The Hall–Kier alpha value is -1.07. The quantitative estimate of drug-likeness (QED) is 0.771. The molecule has 0 amide bonds. The van der Waals surface area contributed by atoms with E-state index in [0.29, 0.717) is 26.4 Å². The lowest BCUT2D eigenvalue weighted by atomic mass is 9.96. The van der Waals surface area contributed by atoms with Gasteiger partial charge in [-0.05, 0) is 25.1 Å². The maximum Gasteiger partial charge on any atom is 0.141 e. The van der Waals surface area contributed by atoms with Crippen LogP contribution >= 0.6 is 34.8 Å². The van der Waals surface area contributed by atoms with Gasteiger partial charge in [0.2, 0.25) is 0 Å². The zero-order valence-electron chi connectivity index (χ0n) is 12.0. The Bertz CT molecular complexity index is 708. The maximum absolute atomic E-state index is 13.6. The van der Waals surface area contributed by atoms with Crippen LogP contribution in [-0.2, 0) is 0 Å². The zero-order chi connectivity index (χ0) is 16.4. The first-order valence-electron chi connectivity index (χ1n) is 7.17. The molecule has 2 heterocycles. The van der Waals surface area contributed by atoms with Gasteiger partial charge in [0.15, 0.2) is 0 Å². The van der Waals surface area contributed by atoms with Gasteiger partial charge in [-0.15, -0.1) is 0 Å². The van der Waals surface area contributed by atoms with Crippen LogP contribution < -0.4 is 10.1 Å². The van der Waals surface area contributed by atoms with Crippen molar-refractivity contribution in [3.63, 3.8) is 0 Å². The highest BCUT2D eigenvalue weighted by Gasteiger charge is 2.29. The van der Waals surface area contributed by atoms with Gasteiger partial charge in [0, 0.05) is 30.3 Å². The molecule has 0 bridgehead atoms. The number of hydrogen-bond acceptors (Lipinski definition) is 3. The van der Waals surface area contributed by atoms with Gasteiger partial charge in [-0.2, -0.15) is 0 Å². The molecule has 1 N–H and O–H groups in total. The molecular weight excluding hydrogens is 362 g/mol. The van der Waals surface area contributed by atoms with Crippen molar-refractivity contribution in [2.45, 2.75) is 12.5 Å². The Morgan fingerprint density at radius 3 is 2.61 bits per heavy atom. The molecule has 1 fully saturated rings. The third kappa shape index (κ3) is 3.89. The summed E-state index contributed by atoms with van der Waals surface area (Å²) < 4.78 is 19.6. The van der Waals surface area contributed by atoms with Gasteiger partial charge in [0.1, 0.15) is 17.7 Å². The summed E-state index contributed by atoms with van der Waals surface area (Å²) in [7, 11) is 0. The monoisotopic (exact) mass is 374 g/mol. The Morgan fingerprint density at radius 1 is 1.13 bits per heavy atom. The molecule has 122 valence electrons. The van der Waals surface area contributed by atoms with Crippen LogP contribution in [0.2, 0.25) is 15.1 Å². The molecule has 3 rings (SSSR count). The summed E-state index contributed by atoms with van der Waals surface area (Å²) in [6.45, 7) is 1.67. The Balaban J connectivity index is 1.94. The summed E-state index contributed by atoms with van der Waals surface area (Å²) >= 11 is 18.2. The van der Waals surface area contributed by atoms with Gasteiger partial charge in [0.25, 0.3) is 0 Å². The Labute approximate surface area is 148 Å². The molecule has 1 aliphatic heterocycles. The summed E-state index contributed by atoms with van der Waals surface area (Å²) in [5.41, 5.74) is 0.667. The topological polar surface area (TPSA) is 34.1 Å². The van der Waals surface area contributed by atoms with Crippen molar-refractivity contribution in [2.24, 2.45) is 5.92 Å². The summed E-state index contributed by atoms with van der Waals surface area (Å²) in [5.74, 6) is 0.202. The second kappa shape index (κ2) is 7.22. The van der Waals surface area contributed by atoms with Gasteiger partial charge in [-0.25, -0.2) is 4.39 Å². The van der Waals surface area contributed by atoms with E-state index < -0.39 is 5.82 Å². The van der Waals surface area contributed by atoms with E-state index >= 15 is 0 Å². The predicted octanol–water partition coefficient (Wildman–Crippen LogP) is 4.91. The molecule has 0 spiro atoms. The number of nitrogens with one attached hydrogen (secondary N) is 1. The molecular formula is C16H14Cl3FN2O. The Morgan fingerprint density at radius 2 is 1.91 bits per heavy atom. The van der Waals surface area contributed by atoms with Gasteiger partial charge in [-0.3, -0.25) is 4.98 Å². The van der Waals surface area contributed by atoms with E-state index in [9.17, 15) is 4.39 Å². The van der Waals surface area contributed by atoms with Gasteiger partial charge in [0.05, 0.1) is 21.3 Å². The predicted molar refractivity (Wildman–Crippen MR) is 90.0 cm³/mol. The highest BCUT2D eigenvalue weighted by atomic mass is 35.5. The number of aromatic nitrogens is 1. The number of hydrogen-bond donors (Lipinski definition) is 1. The first-order valence-corrected chi connectivity index (χ1v) is 8.30. The van der Waals surface area contributed by atoms with Crippen molar-refractivity contribution in [3.8, 4) is 5.75 Å². The highest BCUT2D eigenvalue weighted by Crippen LogP contribution is 2.39. The molecule has 1 aliphatic rings. The average Bonchev–Trinajstić information content (AvgIpc) is 3.03. The van der Waals surface area contributed by atoms with Crippen molar-refractivity contribution in [3.05, 3.63) is 57.0 Å². The SMILES string of the molecule is Fc1cncc([C@@H](Oc2cc(Cl)c(Cl)cc2Cl)C2CCNC2)c1. The fourth-order valence-electron chi connectivity index (χ4n) is 2.69. The van der Waals surface area contributed by atoms with E-state index in [4.69, 9.17) is 39.5 Å². The molecule has 0 aliphatic carbocycles. The summed E-state index contributed by atoms with van der Waals surface area (Å²) in [4.78, 5) is 3.92. The fraction of sp³-hybridized carbons (Fsp3) is 0.312. The molecule has 1 aromatic carbocycles. The van der Waals surface area contributed by atoms with E-state index in [2.05, 4.69) is 10.3 Å². The molecule has 0 radical (unpaired) electrons. The normalized spacial score (nSPS) is 18.9. The minimum Gasteiger partial charge on any atom is -0.484 e. The molecule has 23 heavy (non-hydrogen) atoms. The summed E-state index contributed by atoms with van der Waals surface area (Å²) in [5, 5.41) is 4.36. The van der Waals surface area contributed by atoms with Crippen LogP contribution in [0.4, 0.5) is 4.39 Å². The second-order valence-corrected chi connectivity index (χ2v) is 6.65. The molecule has 3 nitrogen and oxygen atoms in total. The molecule has 2 aromatic rings. The van der Waals surface area contributed by atoms with Crippen molar-refractivity contribution < 1.29 is 9.13 Å². The van der Waals surface area contributed by atoms with Gasteiger partial charge >= 0.3 is 0 Å². The zero-order valence-corrected chi connectivity index (χ0v) is 14.3. The minimum atomic E-state index is -0.401. The molecule has 2 atom stereocenters. The van der Waals surface area contributed by atoms with Crippen LogP contribution in [0, 0.1) is 11.7 Å². The Kier molecular flexibility index (Phi) is 5.27. The van der Waals surface area contributed by atoms with Gasteiger partial charge < -0.3 is 10.1 Å².